The maximum Gasteiger partial charge on any atom is 0.221 e. The fraction of sp³-hybridized carbons (Fsp3) is 0.438. The maximum atomic E-state index is 12.0. The number of likely N-dealkylation sites (N-methyl/N-ethyl adjacent to an activating group) is 1. The Labute approximate surface area is 136 Å². The number of benzene rings is 1. The summed E-state index contributed by atoms with van der Waals surface area (Å²) in [5.41, 5.74) is 1.05. The topological polar surface area (TPSA) is 72.3 Å². The average molecular weight is 317 g/mol. The van der Waals surface area contributed by atoms with Crippen LogP contribution in [0, 0.1) is 0 Å². The molecule has 124 valence electrons. The SMILES string of the molecule is COc1ccccc1C(CNC(=O)CCn1cncn1)N(C)C. The summed E-state index contributed by atoms with van der Waals surface area (Å²) in [7, 11) is 5.62. The van der Waals surface area contributed by atoms with Gasteiger partial charge in [-0.2, -0.15) is 5.10 Å². The van der Waals surface area contributed by atoms with Crippen LogP contribution >= 0.6 is 0 Å². The number of nitrogens with zero attached hydrogens (tertiary/aromatic N) is 4. The van der Waals surface area contributed by atoms with Crippen LogP contribution in [0.25, 0.3) is 0 Å². The van der Waals surface area contributed by atoms with Gasteiger partial charge in [0.05, 0.1) is 19.7 Å². The number of aryl methyl sites for hydroxylation is 1. The first-order valence-corrected chi connectivity index (χ1v) is 7.50. The van der Waals surface area contributed by atoms with Crippen molar-refractivity contribution in [1.29, 1.82) is 0 Å². The molecule has 0 aliphatic heterocycles. The second-order valence-electron chi connectivity index (χ2n) is 5.43. The highest BCUT2D eigenvalue weighted by molar-refractivity contribution is 5.75. The summed E-state index contributed by atoms with van der Waals surface area (Å²) in [6.45, 7) is 1.04. The molecule has 2 aromatic rings. The monoisotopic (exact) mass is 317 g/mol. The number of amides is 1. The molecule has 0 saturated carbocycles. The van der Waals surface area contributed by atoms with Gasteiger partial charge < -0.3 is 15.0 Å². The first kappa shape index (κ1) is 17.0. The molecule has 1 N–H and O–H groups in total. The molecule has 1 atom stereocenters. The zero-order chi connectivity index (χ0) is 16.7. The highest BCUT2D eigenvalue weighted by Gasteiger charge is 2.18. The highest BCUT2D eigenvalue weighted by atomic mass is 16.5. The number of aromatic nitrogens is 3. The molecule has 0 aliphatic carbocycles. The Morgan fingerprint density at radius 2 is 2.17 bits per heavy atom. The van der Waals surface area contributed by atoms with Crippen molar-refractivity contribution in [1.82, 2.24) is 25.0 Å². The summed E-state index contributed by atoms with van der Waals surface area (Å²) in [6, 6.07) is 7.90. The van der Waals surface area contributed by atoms with E-state index >= 15 is 0 Å². The van der Waals surface area contributed by atoms with Crippen molar-refractivity contribution in [2.45, 2.75) is 19.0 Å². The lowest BCUT2D eigenvalue weighted by Crippen LogP contribution is -2.35. The van der Waals surface area contributed by atoms with Crippen LogP contribution in [0.4, 0.5) is 0 Å². The third-order valence-corrected chi connectivity index (χ3v) is 3.65. The molecular weight excluding hydrogens is 294 g/mol. The van der Waals surface area contributed by atoms with Gasteiger partial charge in [-0.3, -0.25) is 9.48 Å². The third-order valence-electron chi connectivity index (χ3n) is 3.65. The van der Waals surface area contributed by atoms with Crippen LogP contribution in [0.1, 0.15) is 18.0 Å². The summed E-state index contributed by atoms with van der Waals surface area (Å²) in [4.78, 5) is 17.9. The Balaban J connectivity index is 1.93. The van der Waals surface area contributed by atoms with Crippen molar-refractivity contribution < 1.29 is 9.53 Å². The van der Waals surface area contributed by atoms with Crippen LogP contribution in [-0.4, -0.2) is 53.3 Å². The molecule has 23 heavy (non-hydrogen) atoms. The number of carbonyl (C=O) groups excluding carboxylic acids is 1. The van der Waals surface area contributed by atoms with Crippen molar-refractivity contribution in [3.05, 3.63) is 42.5 Å². The molecule has 0 radical (unpaired) electrons. The van der Waals surface area contributed by atoms with Gasteiger partial charge in [-0.15, -0.1) is 0 Å². The van der Waals surface area contributed by atoms with Gasteiger partial charge in [0, 0.05) is 18.5 Å². The Hall–Kier alpha value is -2.41. The van der Waals surface area contributed by atoms with E-state index in [1.807, 2.05) is 38.4 Å². The Morgan fingerprint density at radius 1 is 1.39 bits per heavy atom. The molecule has 0 spiro atoms. The molecule has 7 nitrogen and oxygen atoms in total. The predicted octanol–water partition coefficient (Wildman–Crippen LogP) is 1.10. The third kappa shape index (κ3) is 4.79. The summed E-state index contributed by atoms with van der Waals surface area (Å²) < 4.78 is 7.06. The van der Waals surface area contributed by atoms with Gasteiger partial charge >= 0.3 is 0 Å². The molecule has 2 rings (SSSR count). The van der Waals surface area contributed by atoms with Crippen LogP contribution in [0.2, 0.25) is 0 Å². The summed E-state index contributed by atoms with van der Waals surface area (Å²) in [6.07, 6.45) is 3.43. The van der Waals surface area contributed by atoms with Gasteiger partial charge in [-0.05, 0) is 20.2 Å². The molecule has 1 aromatic carbocycles. The van der Waals surface area contributed by atoms with Gasteiger partial charge in [0.25, 0.3) is 0 Å². The number of para-hydroxylation sites is 1. The van der Waals surface area contributed by atoms with Gasteiger partial charge in [-0.1, -0.05) is 18.2 Å². The minimum atomic E-state index is -0.0118. The zero-order valence-corrected chi connectivity index (χ0v) is 13.8. The van der Waals surface area contributed by atoms with Gasteiger partial charge in [-0.25, -0.2) is 4.98 Å². The Morgan fingerprint density at radius 3 is 2.83 bits per heavy atom. The second-order valence-corrected chi connectivity index (χ2v) is 5.43. The van der Waals surface area contributed by atoms with Gasteiger partial charge in [0.2, 0.25) is 5.91 Å². The van der Waals surface area contributed by atoms with Crippen LogP contribution in [0.5, 0.6) is 5.75 Å². The van der Waals surface area contributed by atoms with Crippen molar-refractivity contribution in [3.8, 4) is 5.75 Å². The lowest BCUT2D eigenvalue weighted by Gasteiger charge is -2.26. The zero-order valence-electron chi connectivity index (χ0n) is 13.8. The van der Waals surface area contributed by atoms with E-state index in [0.29, 0.717) is 19.5 Å². The van der Waals surface area contributed by atoms with Crippen molar-refractivity contribution in [2.75, 3.05) is 27.7 Å². The first-order valence-electron chi connectivity index (χ1n) is 7.50. The number of hydrogen-bond donors (Lipinski definition) is 1. The normalized spacial score (nSPS) is 12.2. The Bertz CT molecular complexity index is 613. The fourth-order valence-corrected chi connectivity index (χ4v) is 2.38. The smallest absolute Gasteiger partial charge is 0.221 e. The van der Waals surface area contributed by atoms with E-state index in [1.54, 1.807) is 18.1 Å². The first-order chi connectivity index (χ1) is 11.1. The number of hydrogen-bond acceptors (Lipinski definition) is 5. The van der Waals surface area contributed by atoms with E-state index in [2.05, 4.69) is 20.3 Å². The van der Waals surface area contributed by atoms with E-state index in [1.165, 1.54) is 6.33 Å². The van der Waals surface area contributed by atoms with E-state index in [4.69, 9.17) is 4.74 Å². The molecular formula is C16H23N5O2. The van der Waals surface area contributed by atoms with Gasteiger partial charge in [0.1, 0.15) is 18.4 Å². The lowest BCUT2D eigenvalue weighted by molar-refractivity contribution is -0.121. The van der Waals surface area contributed by atoms with E-state index in [-0.39, 0.29) is 11.9 Å². The van der Waals surface area contributed by atoms with Crippen molar-refractivity contribution in [2.24, 2.45) is 0 Å². The molecule has 1 unspecified atom stereocenters. The molecule has 7 heteroatoms. The number of methoxy groups -OCH3 is 1. The highest BCUT2D eigenvalue weighted by Crippen LogP contribution is 2.27. The largest absolute Gasteiger partial charge is 0.496 e. The number of rotatable bonds is 8. The second kappa shape index (κ2) is 8.28. The molecule has 1 heterocycles. The number of nitrogens with one attached hydrogen (secondary N) is 1. The van der Waals surface area contributed by atoms with Crippen molar-refractivity contribution in [3.63, 3.8) is 0 Å². The molecule has 0 fully saturated rings. The predicted molar refractivity (Wildman–Crippen MR) is 87.1 cm³/mol. The van der Waals surface area contributed by atoms with Gasteiger partial charge in [0.15, 0.2) is 0 Å². The molecule has 0 bridgehead atoms. The van der Waals surface area contributed by atoms with Crippen LogP contribution in [-0.2, 0) is 11.3 Å². The van der Waals surface area contributed by atoms with E-state index in [0.717, 1.165) is 11.3 Å². The van der Waals surface area contributed by atoms with Crippen LogP contribution in [0.3, 0.4) is 0 Å². The Kier molecular flexibility index (Phi) is 6.10. The summed E-state index contributed by atoms with van der Waals surface area (Å²) in [5, 5.41) is 6.96. The summed E-state index contributed by atoms with van der Waals surface area (Å²) >= 11 is 0. The molecule has 1 aromatic heterocycles. The van der Waals surface area contributed by atoms with E-state index in [9.17, 15) is 4.79 Å². The molecule has 0 aliphatic rings. The van der Waals surface area contributed by atoms with Crippen LogP contribution < -0.4 is 10.1 Å². The van der Waals surface area contributed by atoms with Crippen LogP contribution in [0.15, 0.2) is 36.9 Å². The number of ether oxygens (including phenoxy) is 1. The van der Waals surface area contributed by atoms with Crippen molar-refractivity contribution >= 4 is 5.91 Å². The maximum absolute atomic E-state index is 12.0. The quantitative estimate of drug-likeness (QED) is 0.789. The average Bonchev–Trinajstić information content (AvgIpc) is 3.06. The van der Waals surface area contributed by atoms with E-state index < -0.39 is 0 Å². The minimum Gasteiger partial charge on any atom is -0.496 e. The fourth-order valence-electron chi connectivity index (χ4n) is 2.38. The standard InChI is InChI=1S/C16H23N5O2/c1-20(2)14(13-6-4-5-7-15(13)23-3)10-18-16(22)8-9-21-12-17-11-19-21/h4-7,11-12,14H,8-10H2,1-3H3,(H,18,22). The number of carbonyl (C=O) groups is 1. The summed E-state index contributed by atoms with van der Waals surface area (Å²) in [5.74, 6) is 0.810. The minimum absolute atomic E-state index is 0.0118. The lowest BCUT2D eigenvalue weighted by atomic mass is 10.0. The molecule has 0 saturated heterocycles. The molecule has 1 amide bonds.